The summed E-state index contributed by atoms with van der Waals surface area (Å²) in [6, 6.07) is 4.51. The van der Waals surface area contributed by atoms with Gasteiger partial charge in [0.2, 0.25) is 5.91 Å². The van der Waals surface area contributed by atoms with Crippen LogP contribution in [0.1, 0.15) is 19.4 Å². The molecule has 2 N–H and O–H groups in total. The number of halogens is 2. The van der Waals surface area contributed by atoms with Gasteiger partial charge in [-0.2, -0.15) is 0 Å². The molecule has 9 heteroatoms. The van der Waals surface area contributed by atoms with Gasteiger partial charge in [0.05, 0.1) is 13.2 Å². The number of amides is 1. The van der Waals surface area contributed by atoms with E-state index in [1.165, 1.54) is 12.1 Å². The molecule has 0 saturated carbocycles. The van der Waals surface area contributed by atoms with Crippen LogP contribution in [0.2, 0.25) is 5.02 Å². The zero-order valence-electron chi connectivity index (χ0n) is 18.3. The van der Waals surface area contributed by atoms with E-state index in [1.54, 1.807) is 20.2 Å². The second-order valence-electron chi connectivity index (χ2n) is 8.01. The second-order valence-corrected chi connectivity index (χ2v) is 8.42. The fraction of sp³-hybridized carbons (Fsp3) is 0.619. The molecule has 1 amide bonds. The van der Waals surface area contributed by atoms with E-state index in [9.17, 15) is 9.18 Å². The third-order valence-corrected chi connectivity index (χ3v) is 5.54. The number of methoxy groups -OCH3 is 1. The monoisotopic (exact) mass is 441 g/mol. The fourth-order valence-corrected chi connectivity index (χ4v) is 3.86. The first-order chi connectivity index (χ1) is 14.3. The summed E-state index contributed by atoms with van der Waals surface area (Å²) < 4.78 is 18.3. The fourth-order valence-electron chi connectivity index (χ4n) is 3.44. The first-order valence-corrected chi connectivity index (χ1v) is 10.5. The van der Waals surface area contributed by atoms with Crippen LogP contribution in [-0.4, -0.2) is 88.2 Å². The second kappa shape index (κ2) is 11.5. The topological polar surface area (TPSA) is 69.2 Å². The number of rotatable bonds is 8. The number of hydrogen-bond acceptors (Lipinski definition) is 4. The minimum Gasteiger partial charge on any atom is -0.383 e. The van der Waals surface area contributed by atoms with Crippen LogP contribution in [0.15, 0.2) is 23.2 Å². The number of carbonyl (C=O) groups is 1. The van der Waals surface area contributed by atoms with Gasteiger partial charge < -0.3 is 20.3 Å². The Kier molecular flexibility index (Phi) is 9.33. The largest absolute Gasteiger partial charge is 0.383 e. The molecule has 2 rings (SSSR count). The average molecular weight is 442 g/mol. The highest BCUT2D eigenvalue weighted by molar-refractivity contribution is 6.31. The molecule has 0 atom stereocenters. The van der Waals surface area contributed by atoms with E-state index >= 15 is 0 Å². The molecule has 0 aliphatic carbocycles. The van der Waals surface area contributed by atoms with Crippen molar-refractivity contribution in [2.24, 2.45) is 4.99 Å². The van der Waals surface area contributed by atoms with Gasteiger partial charge in [0.15, 0.2) is 5.96 Å². The van der Waals surface area contributed by atoms with Crippen molar-refractivity contribution in [3.8, 4) is 0 Å². The Labute approximate surface area is 183 Å². The van der Waals surface area contributed by atoms with Crippen molar-refractivity contribution in [1.29, 1.82) is 0 Å². The Bertz CT molecular complexity index is 736. The van der Waals surface area contributed by atoms with Crippen molar-refractivity contribution in [1.82, 2.24) is 20.4 Å². The molecular formula is C21H33ClFN5O2. The van der Waals surface area contributed by atoms with Crippen molar-refractivity contribution < 1.29 is 13.9 Å². The van der Waals surface area contributed by atoms with E-state index in [-0.39, 0.29) is 17.1 Å². The number of benzene rings is 1. The molecule has 1 heterocycles. The smallest absolute Gasteiger partial charge is 0.234 e. The average Bonchev–Trinajstić information content (AvgIpc) is 2.69. The molecule has 1 aromatic carbocycles. The lowest BCUT2D eigenvalue weighted by molar-refractivity contribution is -0.122. The Morgan fingerprint density at radius 2 is 1.97 bits per heavy atom. The predicted molar refractivity (Wildman–Crippen MR) is 119 cm³/mol. The SMILES string of the molecule is CN=C(NCC(C)(C)c1ccc(F)cc1Cl)N1CCN(CC(=O)NCCOC)CC1. The van der Waals surface area contributed by atoms with E-state index < -0.39 is 0 Å². The van der Waals surface area contributed by atoms with Crippen LogP contribution in [0.25, 0.3) is 0 Å². The van der Waals surface area contributed by atoms with Crippen LogP contribution in [0.3, 0.4) is 0 Å². The third-order valence-electron chi connectivity index (χ3n) is 5.23. The van der Waals surface area contributed by atoms with Crippen molar-refractivity contribution in [3.05, 3.63) is 34.6 Å². The minimum absolute atomic E-state index is 0.0148. The predicted octanol–water partition coefficient (Wildman–Crippen LogP) is 1.71. The molecule has 1 fully saturated rings. The molecule has 30 heavy (non-hydrogen) atoms. The number of carbonyl (C=O) groups excluding carboxylic acids is 1. The highest BCUT2D eigenvalue weighted by atomic mass is 35.5. The summed E-state index contributed by atoms with van der Waals surface area (Å²) in [5.41, 5.74) is 0.584. The maximum atomic E-state index is 13.4. The van der Waals surface area contributed by atoms with E-state index in [4.69, 9.17) is 16.3 Å². The summed E-state index contributed by atoms with van der Waals surface area (Å²) in [5.74, 6) is 0.486. The summed E-state index contributed by atoms with van der Waals surface area (Å²) in [5, 5.41) is 6.69. The van der Waals surface area contributed by atoms with Gasteiger partial charge in [0.1, 0.15) is 5.82 Å². The molecule has 0 spiro atoms. The van der Waals surface area contributed by atoms with Crippen LogP contribution < -0.4 is 10.6 Å². The van der Waals surface area contributed by atoms with Crippen LogP contribution in [0.4, 0.5) is 4.39 Å². The van der Waals surface area contributed by atoms with Crippen molar-refractivity contribution >= 4 is 23.5 Å². The molecular weight excluding hydrogens is 409 g/mol. The lowest BCUT2D eigenvalue weighted by Gasteiger charge is -2.37. The highest BCUT2D eigenvalue weighted by Crippen LogP contribution is 2.30. The normalized spacial score (nSPS) is 15.9. The molecule has 7 nitrogen and oxygen atoms in total. The molecule has 1 aliphatic rings. The summed E-state index contributed by atoms with van der Waals surface area (Å²) >= 11 is 6.26. The number of nitrogens with zero attached hydrogens (tertiary/aromatic N) is 3. The van der Waals surface area contributed by atoms with Gasteiger partial charge in [-0.25, -0.2) is 4.39 Å². The van der Waals surface area contributed by atoms with E-state index in [0.29, 0.717) is 31.3 Å². The first kappa shape index (κ1) is 24.4. The molecule has 1 aliphatic heterocycles. The molecule has 168 valence electrons. The Morgan fingerprint density at radius 3 is 2.57 bits per heavy atom. The molecule has 0 aromatic heterocycles. The lowest BCUT2D eigenvalue weighted by atomic mass is 9.84. The number of guanidine groups is 1. The molecule has 0 unspecified atom stereocenters. The summed E-state index contributed by atoms with van der Waals surface area (Å²) in [6.45, 7) is 9.29. The number of hydrogen-bond donors (Lipinski definition) is 2. The van der Waals surface area contributed by atoms with E-state index in [1.807, 2.05) is 0 Å². The van der Waals surface area contributed by atoms with Gasteiger partial charge in [-0.1, -0.05) is 31.5 Å². The summed E-state index contributed by atoms with van der Waals surface area (Å²) in [7, 11) is 3.37. The Morgan fingerprint density at radius 1 is 1.27 bits per heavy atom. The highest BCUT2D eigenvalue weighted by Gasteiger charge is 2.26. The molecule has 0 radical (unpaired) electrons. The van der Waals surface area contributed by atoms with Crippen LogP contribution in [0, 0.1) is 5.82 Å². The molecule has 1 aromatic rings. The summed E-state index contributed by atoms with van der Waals surface area (Å²) in [6.07, 6.45) is 0. The Balaban J connectivity index is 1.84. The van der Waals surface area contributed by atoms with Gasteiger partial charge in [0.25, 0.3) is 0 Å². The molecule has 1 saturated heterocycles. The Hall–Kier alpha value is -1.90. The van der Waals surface area contributed by atoms with Crippen molar-refractivity contribution in [3.63, 3.8) is 0 Å². The van der Waals surface area contributed by atoms with Crippen molar-refractivity contribution in [2.45, 2.75) is 19.3 Å². The maximum absolute atomic E-state index is 13.4. The minimum atomic E-state index is -0.339. The summed E-state index contributed by atoms with van der Waals surface area (Å²) in [4.78, 5) is 20.7. The van der Waals surface area contributed by atoms with Gasteiger partial charge in [0, 0.05) is 63.9 Å². The number of piperazine rings is 1. The number of ether oxygens (including phenoxy) is 1. The zero-order valence-corrected chi connectivity index (χ0v) is 19.1. The molecule has 0 bridgehead atoms. The van der Waals surface area contributed by atoms with Crippen LogP contribution >= 0.6 is 11.6 Å². The standard InChI is InChI=1S/C21H33ClFN5O2/c1-21(2,17-6-5-16(23)13-18(17)22)15-26-20(24-3)28-10-8-27(9-11-28)14-19(29)25-7-12-30-4/h5-6,13H,7-12,14-15H2,1-4H3,(H,24,26)(H,25,29). The van der Waals surface area contributed by atoms with E-state index in [2.05, 4.69) is 39.3 Å². The van der Waals surface area contributed by atoms with Gasteiger partial charge in [-0.15, -0.1) is 0 Å². The third kappa shape index (κ3) is 7.11. The van der Waals surface area contributed by atoms with Gasteiger partial charge in [-0.3, -0.25) is 14.7 Å². The van der Waals surface area contributed by atoms with Crippen molar-refractivity contribution in [2.75, 3.05) is 66.6 Å². The van der Waals surface area contributed by atoms with Gasteiger partial charge >= 0.3 is 0 Å². The van der Waals surface area contributed by atoms with Gasteiger partial charge in [-0.05, 0) is 17.7 Å². The number of nitrogens with one attached hydrogen (secondary N) is 2. The quantitative estimate of drug-likeness (QED) is 0.365. The first-order valence-electron chi connectivity index (χ1n) is 10.2. The number of aliphatic imine (C=N–C) groups is 1. The van der Waals surface area contributed by atoms with Crippen LogP contribution in [-0.2, 0) is 14.9 Å². The zero-order chi connectivity index (χ0) is 22.1. The lowest BCUT2D eigenvalue weighted by Crippen LogP contribution is -2.55. The van der Waals surface area contributed by atoms with E-state index in [0.717, 1.165) is 37.7 Å². The van der Waals surface area contributed by atoms with Crippen LogP contribution in [0.5, 0.6) is 0 Å². The maximum Gasteiger partial charge on any atom is 0.234 e.